The minimum atomic E-state index is -0.184. The normalized spacial score (nSPS) is 22.3. The number of quaternary nitrogens is 1. The van der Waals surface area contributed by atoms with Crippen LogP contribution in [0.5, 0.6) is 0 Å². The van der Waals surface area contributed by atoms with Gasteiger partial charge in [-0.15, -0.1) is 5.10 Å². The molecule has 1 aliphatic heterocycles. The largest absolute Gasteiger partial charge is 0.467 e. The topological polar surface area (TPSA) is 104 Å². The van der Waals surface area contributed by atoms with Gasteiger partial charge >= 0.3 is 0 Å². The summed E-state index contributed by atoms with van der Waals surface area (Å²) in [5.74, 6) is 1.49. The van der Waals surface area contributed by atoms with Crippen molar-refractivity contribution < 1.29 is 14.1 Å². The number of aromatic nitrogens is 4. The second-order valence-electron chi connectivity index (χ2n) is 5.44. The highest BCUT2D eigenvalue weighted by Crippen LogP contribution is 2.08. The fraction of sp³-hybridized carbons (Fsp3) is 0.538. The Kier molecular flexibility index (Phi) is 3.96. The molecule has 3 heterocycles. The first-order chi connectivity index (χ1) is 10.2. The highest BCUT2D eigenvalue weighted by molar-refractivity contribution is 5.76. The Morgan fingerprint density at radius 3 is 2.95 bits per heavy atom. The first kappa shape index (κ1) is 13.7. The van der Waals surface area contributed by atoms with Crippen LogP contribution in [0.3, 0.4) is 0 Å². The molecule has 1 aliphatic rings. The number of hydrogen-bond acceptors (Lipinski definition) is 5. The number of rotatable bonds is 5. The molecule has 0 bridgehead atoms. The lowest BCUT2D eigenvalue weighted by Gasteiger charge is -2.27. The molecule has 2 aromatic heterocycles. The Morgan fingerprint density at radius 1 is 1.48 bits per heavy atom. The Bertz CT molecular complexity index is 586. The molecule has 1 saturated heterocycles. The van der Waals surface area contributed by atoms with Crippen LogP contribution in [0.2, 0.25) is 0 Å². The van der Waals surface area contributed by atoms with Crippen LogP contribution in [0.15, 0.2) is 22.8 Å². The van der Waals surface area contributed by atoms with Crippen molar-refractivity contribution in [2.75, 3.05) is 13.1 Å². The van der Waals surface area contributed by atoms with E-state index in [2.05, 4.69) is 15.5 Å². The van der Waals surface area contributed by atoms with E-state index in [9.17, 15) is 4.79 Å². The number of tetrazole rings is 1. The number of carbonyl (C=O) groups excluding carboxylic acids is 1. The highest BCUT2D eigenvalue weighted by Gasteiger charge is 2.27. The molecule has 3 rings (SSSR count). The van der Waals surface area contributed by atoms with Crippen molar-refractivity contribution in [1.29, 1.82) is 0 Å². The standard InChI is InChI=1S/C13H18N6O2/c14-13(20)10-3-5-18(6-4-10)9-12-15-16-17-19(12)8-11-2-1-7-21-11/h1-2,7,10H,3-6,8-9H2,(H2,14,20)/p+1. The number of furan rings is 1. The van der Waals surface area contributed by atoms with Gasteiger partial charge in [-0.05, 0) is 22.6 Å². The van der Waals surface area contributed by atoms with Gasteiger partial charge < -0.3 is 15.1 Å². The third kappa shape index (κ3) is 3.27. The van der Waals surface area contributed by atoms with Crippen LogP contribution >= 0.6 is 0 Å². The van der Waals surface area contributed by atoms with Crippen LogP contribution in [0.25, 0.3) is 0 Å². The lowest BCUT2D eigenvalue weighted by atomic mass is 9.96. The molecule has 2 aromatic rings. The van der Waals surface area contributed by atoms with Crippen molar-refractivity contribution in [2.45, 2.75) is 25.9 Å². The van der Waals surface area contributed by atoms with Crippen LogP contribution in [0.1, 0.15) is 24.4 Å². The third-order valence-corrected chi connectivity index (χ3v) is 3.99. The maximum absolute atomic E-state index is 11.2. The summed E-state index contributed by atoms with van der Waals surface area (Å²) in [6.07, 6.45) is 3.31. The number of carbonyl (C=O) groups is 1. The van der Waals surface area contributed by atoms with Gasteiger partial charge in [0.2, 0.25) is 11.7 Å². The molecule has 1 fully saturated rings. The molecule has 0 atom stereocenters. The summed E-state index contributed by atoms with van der Waals surface area (Å²) < 4.78 is 7.07. The molecule has 8 heteroatoms. The van der Waals surface area contributed by atoms with Gasteiger partial charge in [-0.1, -0.05) is 0 Å². The molecule has 0 aromatic carbocycles. The Morgan fingerprint density at radius 2 is 2.29 bits per heavy atom. The number of hydrogen-bond donors (Lipinski definition) is 2. The zero-order valence-electron chi connectivity index (χ0n) is 11.7. The molecule has 0 radical (unpaired) electrons. The van der Waals surface area contributed by atoms with E-state index in [1.165, 1.54) is 4.90 Å². The number of piperidine rings is 1. The van der Waals surface area contributed by atoms with E-state index in [4.69, 9.17) is 10.2 Å². The van der Waals surface area contributed by atoms with Gasteiger partial charge in [0.25, 0.3) is 0 Å². The Hall–Kier alpha value is -2.22. The van der Waals surface area contributed by atoms with Crippen LogP contribution in [0, 0.1) is 5.92 Å². The molecular formula is C13H19N6O2+. The van der Waals surface area contributed by atoms with Gasteiger partial charge in [-0.3, -0.25) is 4.79 Å². The zero-order valence-corrected chi connectivity index (χ0v) is 11.7. The predicted molar refractivity (Wildman–Crippen MR) is 71.9 cm³/mol. The van der Waals surface area contributed by atoms with Gasteiger partial charge in [0, 0.05) is 18.8 Å². The smallest absolute Gasteiger partial charge is 0.220 e. The summed E-state index contributed by atoms with van der Waals surface area (Å²) in [6, 6.07) is 3.75. The molecule has 0 unspecified atom stereocenters. The average Bonchev–Trinajstić information content (AvgIpc) is 3.13. The average molecular weight is 291 g/mol. The maximum atomic E-state index is 11.2. The minimum Gasteiger partial charge on any atom is -0.467 e. The van der Waals surface area contributed by atoms with Gasteiger partial charge in [0.15, 0.2) is 0 Å². The highest BCUT2D eigenvalue weighted by atomic mass is 16.3. The Labute approximate surface area is 121 Å². The van der Waals surface area contributed by atoms with Crippen molar-refractivity contribution in [3.63, 3.8) is 0 Å². The van der Waals surface area contributed by atoms with E-state index >= 15 is 0 Å². The molecule has 0 spiro atoms. The quantitative estimate of drug-likeness (QED) is 0.704. The summed E-state index contributed by atoms with van der Waals surface area (Å²) in [5, 5.41) is 11.8. The predicted octanol–water partition coefficient (Wildman–Crippen LogP) is -1.41. The number of amides is 1. The van der Waals surface area contributed by atoms with Crippen LogP contribution in [0.4, 0.5) is 0 Å². The third-order valence-electron chi connectivity index (χ3n) is 3.99. The summed E-state index contributed by atoms with van der Waals surface area (Å²) in [7, 11) is 0. The second kappa shape index (κ2) is 6.04. The number of nitrogens with two attached hydrogens (primary N) is 1. The fourth-order valence-corrected chi connectivity index (χ4v) is 2.73. The molecule has 1 amide bonds. The molecule has 112 valence electrons. The molecule has 8 nitrogen and oxygen atoms in total. The van der Waals surface area contributed by atoms with Crippen LogP contribution in [-0.4, -0.2) is 39.2 Å². The van der Waals surface area contributed by atoms with Crippen LogP contribution < -0.4 is 10.6 Å². The SMILES string of the molecule is NC(=O)C1CC[NH+](Cc2nnnn2Cc2ccco2)CC1. The van der Waals surface area contributed by atoms with E-state index < -0.39 is 0 Å². The van der Waals surface area contributed by atoms with E-state index in [-0.39, 0.29) is 11.8 Å². The zero-order chi connectivity index (χ0) is 14.7. The van der Waals surface area contributed by atoms with Crippen molar-refractivity contribution in [1.82, 2.24) is 20.2 Å². The van der Waals surface area contributed by atoms with Gasteiger partial charge in [-0.25, -0.2) is 4.68 Å². The van der Waals surface area contributed by atoms with Gasteiger partial charge in [0.1, 0.15) is 18.8 Å². The van der Waals surface area contributed by atoms with Gasteiger partial charge in [-0.2, -0.15) is 0 Å². The van der Waals surface area contributed by atoms with E-state index in [1.54, 1.807) is 10.9 Å². The Balaban J connectivity index is 1.59. The molecule has 3 N–H and O–H groups in total. The monoisotopic (exact) mass is 291 g/mol. The van der Waals surface area contributed by atoms with Crippen molar-refractivity contribution in [3.05, 3.63) is 30.0 Å². The summed E-state index contributed by atoms with van der Waals surface area (Å²) >= 11 is 0. The van der Waals surface area contributed by atoms with E-state index in [1.807, 2.05) is 12.1 Å². The number of primary amides is 1. The van der Waals surface area contributed by atoms with Crippen molar-refractivity contribution >= 4 is 5.91 Å². The summed E-state index contributed by atoms with van der Waals surface area (Å²) in [4.78, 5) is 12.6. The first-order valence-electron chi connectivity index (χ1n) is 7.12. The molecular weight excluding hydrogens is 272 g/mol. The summed E-state index contributed by atoms with van der Waals surface area (Å²) in [5.41, 5.74) is 5.35. The molecule has 0 aliphatic carbocycles. The lowest BCUT2D eigenvalue weighted by Crippen LogP contribution is -3.12. The number of nitrogens with zero attached hydrogens (tertiary/aromatic N) is 4. The first-order valence-corrected chi connectivity index (χ1v) is 7.12. The van der Waals surface area contributed by atoms with E-state index in [0.717, 1.165) is 44.1 Å². The number of nitrogens with one attached hydrogen (secondary N) is 1. The van der Waals surface area contributed by atoms with Crippen molar-refractivity contribution in [3.8, 4) is 0 Å². The number of likely N-dealkylation sites (tertiary alicyclic amines) is 1. The second-order valence-corrected chi connectivity index (χ2v) is 5.44. The molecule has 0 saturated carbocycles. The van der Waals surface area contributed by atoms with E-state index in [0.29, 0.717) is 6.54 Å². The molecule has 21 heavy (non-hydrogen) atoms. The minimum absolute atomic E-state index is 0.0212. The summed E-state index contributed by atoms with van der Waals surface area (Å²) in [6.45, 7) is 3.12. The van der Waals surface area contributed by atoms with Crippen molar-refractivity contribution in [2.24, 2.45) is 11.7 Å². The maximum Gasteiger partial charge on any atom is 0.220 e. The van der Waals surface area contributed by atoms with Gasteiger partial charge in [0.05, 0.1) is 19.4 Å². The van der Waals surface area contributed by atoms with Crippen LogP contribution in [-0.2, 0) is 17.9 Å². The lowest BCUT2D eigenvalue weighted by molar-refractivity contribution is -0.920. The fourth-order valence-electron chi connectivity index (χ4n) is 2.73.